The van der Waals surface area contributed by atoms with Gasteiger partial charge < -0.3 is 25.8 Å². The van der Waals surface area contributed by atoms with Gasteiger partial charge in [0.1, 0.15) is 21.5 Å². The minimum Gasteiger partial charge on any atom is -0.497 e. The number of nitrogens with two attached hydrogens (primary N) is 1. The minimum absolute atomic E-state index is 0.204. The number of benzene rings is 1. The number of amides is 1. The van der Waals surface area contributed by atoms with Crippen molar-refractivity contribution in [3.63, 3.8) is 0 Å². The summed E-state index contributed by atoms with van der Waals surface area (Å²) in [5, 5.41) is 7.55. The van der Waals surface area contributed by atoms with Crippen molar-refractivity contribution in [3.05, 3.63) is 34.5 Å². The van der Waals surface area contributed by atoms with Crippen molar-refractivity contribution in [1.82, 2.24) is 15.6 Å². The van der Waals surface area contributed by atoms with E-state index in [1.54, 1.807) is 20.3 Å². The molecule has 1 fully saturated rings. The number of hydrogen-bond donors (Lipinski definition) is 3. The molecular weight excluding hydrogens is 340 g/mol. The molecule has 7 nitrogen and oxygen atoms in total. The van der Waals surface area contributed by atoms with E-state index in [0.29, 0.717) is 28.7 Å². The van der Waals surface area contributed by atoms with Crippen LogP contribution >= 0.6 is 11.3 Å². The molecular formula is C17H22N4O3S. The Bertz CT molecular complexity index is 756. The molecule has 2 aromatic rings. The van der Waals surface area contributed by atoms with E-state index in [1.807, 2.05) is 12.1 Å². The number of carbonyl (C=O) groups excluding carboxylic acids is 1. The second-order valence-corrected chi connectivity index (χ2v) is 6.84. The van der Waals surface area contributed by atoms with Gasteiger partial charge in [0.05, 0.1) is 20.3 Å². The highest BCUT2D eigenvalue weighted by molar-refractivity contribution is 7.16. The molecule has 0 bridgehead atoms. The van der Waals surface area contributed by atoms with Crippen molar-refractivity contribution < 1.29 is 14.3 Å². The Labute approximate surface area is 150 Å². The predicted octanol–water partition coefficient (Wildman–Crippen LogP) is 2.10. The molecule has 0 saturated carbocycles. The molecule has 0 unspecified atom stereocenters. The number of aromatic nitrogens is 1. The summed E-state index contributed by atoms with van der Waals surface area (Å²) in [6.07, 6.45) is 2.14. The molecule has 0 spiro atoms. The molecule has 0 aliphatic carbocycles. The van der Waals surface area contributed by atoms with Crippen molar-refractivity contribution in [2.24, 2.45) is 0 Å². The van der Waals surface area contributed by atoms with Crippen LogP contribution in [0.4, 0.5) is 5.00 Å². The molecule has 134 valence electrons. The number of anilines is 1. The molecule has 2 heterocycles. The average Bonchev–Trinajstić information content (AvgIpc) is 3.29. The molecule has 1 atom stereocenters. The third kappa shape index (κ3) is 3.85. The number of nitrogens with zero attached hydrogens (tertiary/aromatic N) is 1. The van der Waals surface area contributed by atoms with Gasteiger partial charge in [0.15, 0.2) is 5.69 Å². The third-order valence-electron chi connectivity index (χ3n) is 4.18. The normalized spacial score (nSPS) is 16.6. The third-order valence-corrected chi connectivity index (χ3v) is 5.18. The van der Waals surface area contributed by atoms with Crippen molar-refractivity contribution in [3.8, 4) is 11.5 Å². The van der Waals surface area contributed by atoms with E-state index in [2.05, 4.69) is 15.6 Å². The number of nitrogens with one attached hydrogen (secondary N) is 2. The van der Waals surface area contributed by atoms with Crippen molar-refractivity contribution in [2.45, 2.75) is 25.4 Å². The maximum atomic E-state index is 12.5. The summed E-state index contributed by atoms with van der Waals surface area (Å²) < 4.78 is 10.5. The van der Waals surface area contributed by atoms with Gasteiger partial charge >= 0.3 is 0 Å². The lowest BCUT2D eigenvalue weighted by atomic mass is 10.2. The predicted molar refractivity (Wildman–Crippen MR) is 97.2 cm³/mol. The van der Waals surface area contributed by atoms with E-state index in [-0.39, 0.29) is 11.9 Å². The molecule has 1 aromatic heterocycles. The first-order chi connectivity index (χ1) is 12.1. The highest BCUT2D eigenvalue weighted by Crippen LogP contribution is 2.31. The maximum Gasteiger partial charge on any atom is 0.273 e. The van der Waals surface area contributed by atoms with Crippen LogP contribution in [0.1, 0.15) is 39.9 Å². The summed E-state index contributed by atoms with van der Waals surface area (Å²) in [6.45, 7) is 1.29. The second-order valence-electron chi connectivity index (χ2n) is 5.77. The standard InChI is InChI=1S/C17H22N4O3S/c1-23-11-6-5-10(13(8-11)24-2)9-20-16(22)14-15(18)25-17(21-14)12-4-3-7-19-12/h5-6,8,12,19H,3-4,7,9,18H2,1-2H3,(H,20,22)/t12-/m1/s1. The van der Waals surface area contributed by atoms with E-state index in [9.17, 15) is 4.79 Å². The summed E-state index contributed by atoms with van der Waals surface area (Å²) >= 11 is 1.38. The fourth-order valence-electron chi connectivity index (χ4n) is 2.81. The first-order valence-corrected chi connectivity index (χ1v) is 8.92. The minimum atomic E-state index is -0.282. The van der Waals surface area contributed by atoms with E-state index in [4.69, 9.17) is 15.2 Å². The molecule has 1 amide bonds. The fourth-order valence-corrected chi connectivity index (χ4v) is 3.75. The lowest BCUT2D eigenvalue weighted by molar-refractivity contribution is 0.0947. The number of ether oxygens (including phenoxy) is 2. The Morgan fingerprint density at radius 2 is 2.28 bits per heavy atom. The number of carbonyl (C=O) groups is 1. The van der Waals surface area contributed by atoms with Crippen LogP contribution < -0.4 is 25.8 Å². The monoisotopic (exact) mass is 362 g/mol. The fraction of sp³-hybridized carbons (Fsp3) is 0.412. The maximum absolute atomic E-state index is 12.5. The first kappa shape index (κ1) is 17.5. The summed E-state index contributed by atoms with van der Waals surface area (Å²) in [5.41, 5.74) is 7.14. The van der Waals surface area contributed by atoms with Crippen LogP contribution in [0, 0.1) is 0 Å². The Balaban J connectivity index is 1.68. The number of thiazole rings is 1. The van der Waals surface area contributed by atoms with Crippen LogP contribution in [0.15, 0.2) is 18.2 Å². The second kappa shape index (κ2) is 7.71. The number of nitrogen functional groups attached to an aromatic ring is 1. The van der Waals surface area contributed by atoms with Crippen molar-refractivity contribution >= 4 is 22.2 Å². The van der Waals surface area contributed by atoms with Gasteiger partial charge in [-0.25, -0.2) is 4.98 Å². The van der Waals surface area contributed by atoms with Crippen molar-refractivity contribution in [1.29, 1.82) is 0 Å². The lowest BCUT2D eigenvalue weighted by Gasteiger charge is -2.11. The molecule has 1 aliphatic rings. The molecule has 4 N–H and O–H groups in total. The van der Waals surface area contributed by atoms with Gasteiger partial charge in [0.2, 0.25) is 0 Å². The lowest BCUT2D eigenvalue weighted by Crippen LogP contribution is -2.24. The zero-order valence-electron chi connectivity index (χ0n) is 14.3. The van der Waals surface area contributed by atoms with Crippen LogP contribution in [-0.4, -0.2) is 31.7 Å². The quantitative estimate of drug-likeness (QED) is 0.728. The van der Waals surface area contributed by atoms with Gasteiger partial charge in [-0.1, -0.05) is 11.3 Å². The zero-order chi connectivity index (χ0) is 17.8. The molecule has 3 rings (SSSR count). The molecule has 1 aromatic carbocycles. The zero-order valence-corrected chi connectivity index (χ0v) is 15.1. The molecule has 8 heteroatoms. The van der Waals surface area contributed by atoms with Crippen LogP contribution in [0.25, 0.3) is 0 Å². The Kier molecular flexibility index (Phi) is 5.40. The molecule has 1 saturated heterocycles. The van der Waals surface area contributed by atoms with Crippen LogP contribution in [-0.2, 0) is 6.54 Å². The van der Waals surface area contributed by atoms with Gasteiger partial charge in [-0.2, -0.15) is 0 Å². The van der Waals surface area contributed by atoms with Gasteiger partial charge in [0, 0.05) is 18.2 Å². The SMILES string of the molecule is COc1ccc(CNC(=O)c2nc([C@H]3CCCN3)sc2N)c(OC)c1. The van der Waals surface area contributed by atoms with E-state index in [1.165, 1.54) is 11.3 Å². The van der Waals surface area contributed by atoms with Crippen LogP contribution in [0.2, 0.25) is 0 Å². The van der Waals surface area contributed by atoms with E-state index < -0.39 is 0 Å². The highest BCUT2D eigenvalue weighted by atomic mass is 32.1. The van der Waals surface area contributed by atoms with Crippen LogP contribution in [0.3, 0.4) is 0 Å². The first-order valence-electron chi connectivity index (χ1n) is 8.11. The topological polar surface area (TPSA) is 98.5 Å². The van der Waals surface area contributed by atoms with Gasteiger partial charge in [0.25, 0.3) is 5.91 Å². The van der Waals surface area contributed by atoms with Crippen molar-refractivity contribution in [2.75, 3.05) is 26.5 Å². The summed E-state index contributed by atoms with van der Waals surface area (Å²) in [5.74, 6) is 1.07. The molecule has 1 aliphatic heterocycles. The van der Waals surface area contributed by atoms with E-state index in [0.717, 1.165) is 30.0 Å². The molecule has 25 heavy (non-hydrogen) atoms. The summed E-state index contributed by atoms with van der Waals surface area (Å²) in [6, 6.07) is 5.67. The van der Waals surface area contributed by atoms with Gasteiger partial charge in [-0.05, 0) is 31.5 Å². The number of rotatable bonds is 6. The van der Waals surface area contributed by atoms with E-state index >= 15 is 0 Å². The summed E-state index contributed by atoms with van der Waals surface area (Å²) in [4.78, 5) is 16.9. The number of hydrogen-bond acceptors (Lipinski definition) is 7. The average molecular weight is 362 g/mol. The van der Waals surface area contributed by atoms with Gasteiger partial charge in [-0.3, -0.25) is 4.79 Å². The number of methoxy groups -OCH3 is 2. The summed E-state index contributed by atoms with van der Waals surface area (Å²) in [7, 11) is 3.18. The Hall–Kier alpha value is -2.32. The smallest absolute Gasteiger partial charge is 0.273 e. The molecule has 0 radical (unpaired) electrons. The Morgan fingerprint density at radius 1 is 1.44 bits per heavy atom. The van der Waals surface area contributed by atoms with Crippen LogP contribution in [0.5, 0.6) is 11.5 Å². The largest absolute Gasteiger partial charge is 0.497 e. The Morgan fingerprint density at radius 3 is 2.96 bits per heavy atom. The highest BCUT2D eigenvalue weighted by Gasteiger charge is 2.24. The van der Waals surface area contributed by atoms with Gasteiger partial charge in [-0.15, -0.1) is 0 Å².